The molecule has 6 heteroatoms. The minimum atomic E-state index is -0.907. The van der Waals surface area contributed by atoms with E-state index in [-0.39, 0.29) is 6.42 Å². The third kappa shape index (κ3) is 4.15. The predicted molar refractivity (Wildman–Crippen MR) is 69.6 cm³/mol. The first kappa shape index (κ1) is 12.9. The van der Waals surface area contributed by atoms with Crippen molar-refractivity contribution in [3.63, 3.8) is 0 Å². The lowest BCUT2D eigenvalue weighted by molar-refractivity contribution is -0.123. The van der Waals surface area contributed by atoms with Crippen molar-refractivity contribution in [1.29, 1.82) is 0 Å². The summed E-state index contributed by atoms with van der Waals surface area (Å²) in [7, 11) is 0. The Hall–Kier alpha value is -1.15. The topological polar surface area (TPSA) is 98.2 Å². The van der Waals surface area contributed by atoms with Crippen molar-refractivity contribution in [1.82, 2.24) is 0 Å². The number of carbonyl (C=O) groups is 2. The van der Waals surface area contributed by atoms with Gasteiger partial charge in [0.05, 0.1) is 12.5 Å². The summed E-state index contributed by atoms with van der Waals surface area (Å²) in [6.07, 6.45) is -0.157. The van der Waals surface area contributed by atoms with Crippen LogP contribution in [0.2, 0.25) is 0 Å². The fraction of sp³-hybridized carbons (Fsp3) is 0.200. The second-order valence-corrected chi connectivity index (χ2v) is 4.52. The summed E-state index contributed by atoms with van der Waals surface area (Å²) in [6.45, 7) is 0. The van der Waals surface area contributed by atoms with Crippen LogP contribution in [0, 0.1) is 3.57 Å². The molecule has 0 aliphatic carbocycles. The first-order valence-electron chi connectivity index (χ1n) is 4.59. The Balaban J connectivity index is 2.60. The minimum absolute atomic E-state index is 0.157. The summed E-state index contributed by atoms with van der Waals surface area (Å²) < 4.78 is 0.999. The summed E-state index contributed by atoms with van der Waals surface area (Å²) >= 11 is 2.13. The molecule has 0 fully saturated rings. The Kier molecular flexibility index (Phi) is 4.69. The van der Waals surface area contributed by atoms with Gasteiger partial charge in [0.15, 0.2) is 0 Å². The van der Waals surface area contributed by atoms with Crippen LogP contribution in [0.15, 0.2) is 24.3 Å². The second-order valence-electron chi connectivity index (χ2n) is 3.28. The van der Waals surface area contributed by atoms with Gasteiger partial charge in [0.2, 0.25) is 11.8 Å². The molecule has 1 rings (SSSR count). The Morgan fingerprint density at radius 2 is 2.12 bits per heavy atom. The molecule has 0 aromatic heterocycles. The van der Waals surface area contributed by atoms with Gasteiger partial charge in [-0.25, -0.2) is 0 Å². The van der Waals surface area contributed by atoms with Gasteiger partial charge in [-0.1, -0.05) is 6.07 Å². The van der Waals surface area contributed by atoms with Gasteiger partial charge in [-0.3, -0.25) is 9.59 Å². The summed E-state index contributed by atoms with van der Waals surface area (Å²) in [5.74, 6) is -1.01. The van der Waals surface area contributed by atoms with Gasteiger partial charge >= 0.3 is 0 Å². The quantitative estimate of drug-likeness (QED) is 0.697. The van der Waals surface area contributed by atoms with Gasteiger partial charge < -0.3 is 16.8 Å². The van der Waals surface area contributed by atoms with Crippen molar-refractivity contribution in [3.8, 4) is 0 Å². The molecule has 0 saturated carbocycles. The van der Waals surface area contributed by atoms with Crippen LogP contribution in [-0.2, 0) is 9.59 Å². The van der Waals surface area contributed by atoms with Gasteiger partial charge in [-0.05, 0) is 40.8 Å². The van der Waals surface area contributed by atoms with Crippen LogP contribution < -0.4 is 16.8 Å². The zero-order chi connectivity index (χ0) is 12.1. The molecule has 0 heterocycles. The van der Waals surface area contributed by atoms with Crippen LogP contribution in [0.3, 0.4) is 0 Å². The van der Waals surface area contributed by atoms with Gasteiger partial charge in [0.25, 0.3) is 0 Å². The minimum Gasteiger partial charge on any atom is -0.370 e. The molecule has 5 N–H and O–H groups in total. The summed E-state index contributed by atoms with van der Waals surface area (Å²) in [5, 5.41) is 2.61. The predicted octanol–water partition coefficient (Wildman–Crippen LogP) is 0.432. The number of hydrogen-bond acceptors (Lipinski definition) is 3. The van der Waals surface area contributed by atoms with E-state index in [1.807, 2.05) is 12.1 Å². The lowest BCUT2D eigenvalue weighted by Gasteiger charge is -2.10. The van der Waals surface area contributed by atoms with Crippen molar-refractivity contribution in [2.24, 2.45) is 11.5 Å². The Morgan fingerprint density at radius 3 is 2.69 bits per heavy atom. The zero-order valence-electron chi connectivity index (χ0n) is 8.44. The third-order valence-corrected chi connectivity index (χ3v) is 2.52. The highest BCUT2D eigenvalue weighted by Crippen LogP contribution is 2.12. The first-order chi connectivity index (χ1) is 7.49. The molecule has 0 aliphatic heterocycles. The number of nitrogens with two attached hydrogens (primary N) is 2. The smallest absolute Gasteiger partial charge is 0.241 e. The van der Waals surface area contributed by atoms with E-state index >= 15 is 0 Å². The lowest BCUT2D eigenvalue weighted by atomic mass is 10.2. The monoisotopic (exact) mass is 333 g/mol. The third-order valence-electron chi connectivity index (χ3n) is 1.85. The van der Waals surface area contributed by atoms with E-state index in [0.717, 1.165) is 3.57 Å². The van der Waals surface area contributed by atoms with E-state index in [4.69, 9.17) is 11.5 Å². The first-order valence-corrected chi connectivity index (χ1v) is 5.67. The van der Waals surface area contributed by atoms with Crippen LogP contribution in [-0.4, -0.2) is 17.9 Å². The van der Waals surface area contributed by atoms with Gasteiger partial charge in [-0.2, -0.15) is 0 Å². The van der Waals surface area contributed by atoms with Gasteiger partial charge in [0.1, 0.15) is 0 Å². The van der Waals surface area contributed by atoms with Crippen LogP contribution in [0.25, 0.3) is 0 Å². The summed E-state index contributed by atoms with van der Waals surface area (Å²) in [6, 6.07) is 6.36. The molecule has 16 heavy (non-hydrogen) atoms. The van der Waals surface area contributed by atoms with Gasteiger partial charge in [0, 0.05) is 9.26 Å². The zero-order valence-corrected chi connectivity index (χ0v) is 10.6. The second kappa shape index (κ2) is 5.80. The van der Waals surface area contributed by atoms with Crippen molar-refractivity contribution < 1.29 is 9.59 Å². The largest absolute Gasteiger partial charge is 0.370 e. The molecule has 0 bridgehead atoms. The molecule has 0 radical (unpaired) electrons. The molecule has 5 nitrogen and oxygen atoms in total. The average Bonchev–Trinajstić information content (AvgIpc) is 2.16. The molecule has 86 valence electrons. The van der Waals surface area contributed by atoms with Crippen molar-refractivity contribution in [2.45, 2.75) is 12.5 Å². The van der Waals surface area contributed by atoms with E-state index in [1.54, 1.807) is 12.1 Å². The number of rotatable bonds is 4. The number of amides is 2. The molecule has 1 unspecified atom stereocenters. The SMILES string of the molecule is NC(=O)CC(N)C(=O)Nc1cccc(I)c1. The molecule has 2 amide bonds. The van der Waals surface area contributed by atoms with E-state index in [9.17, 15) is 9.59 Å². The normalized spacial score (nSPS) is 11.9. The highest BCUT2D eigenvalue weighted by molar-refractivity contribution is 14.1. The maximum Gasteiger partial charge on any atom is 0.241 e. The van der Waals surface area contributed by atoms with E-state index in [1.165, 1.54) is 0 Å². The molecular formula is C10H12IN3O2. The van der Waals surface area contributed by atoms with E-state index in [2.05, 4.69) is 27.9 Å². The molecule has 1 aromatic rings. The number of halogens is 1. The van der Waals surface area contributed by atoms with Crippen molar-refractivity contribution in [2.75, 3.05) is 5.32 Å². The number of anilines is 1. The number of primary amides is 1. The lowest BCUT2D eigenvalue weighted by Crippen LogP contribution is -2.38. The van der Waals surface area contributed by atoms with Gasteiger partial charge in [-0.15, -0.1) is 0 Å². The van der Waals surface area contributed by atoms with Crippen molar-refractivity contribution >= 4 is 40.1 Å². The maximum absolute atomic E-state index is 11.5. The van der Waals surface area contributed by atoms with Crippen LogP contribution in [0.4, 0.5) is 5.69 Å². The Bertz CT molecular complexity index is 409. The molecule has 0 spiro atoms. The van der Waals surface area contributed by atoms with Crippen LogP contribution in [0.5, 0.6) is 0 Å². The maximum atomic E-state index is 11.5. The molecular weight excluding hydrogens is 321 g/mol. The molecule has 0 saturated heterocycles. The van der Waals surface area contributed by atoms with E-state index < -0.39 is 17.9 Å². The standard InChI is InChI=1S/C10H12IN3O2/c11-6-2-1-3-7(4-6)14-10(16)8(12)5-9(13)15/h1-4,8H,5,12H2,(H2,13,15)(H,14,16). The fourth-order valence-electron chi connectivity index (χ4n) is 1.11. The van der Waals surface area contributed by atoms with Crippen LogP contribution >= 0.6 is 22.6 Å². The molecule has 1 aromatic carbocycles. The van der Waals surface area contributed by atoms with Crippen molar-refractivity contribution in [3.05, 3.63) is 27.8 Å². The number of hydrogen-bond donors (Lipinski definition) is 3. The molecule has 1 atom stereocenters. The Morgan fingerprint density at radius 1 is 1.44 bits per heavy atom. The Labute approximate surface area is 107 Å². The fourth-order valence-corrected chi connectivity index (χ4v) is 1.65. The van der Waals surface area contributed by atoms with Crippen LogP contribution in [0.1, 0.15) is 6.42 Å². The number of carbonyl (C=O) groups excluding carboxylic acids is 2. The van der Waals surface area contributed by atoms with E-state index in [0.29, 0.717) is 5.69 Å². The highest BCUT2D eigenvalue weighted by Gasteiger charge is 2.15. The summed E-state index contributed by atoms with van der Waals surface area (Å²) in [4.78, 5) is 22.1. The number of benzene rings is 1. The number of nitrogens with one attached hydrogen (secondary N) is 1. The molecule has 0 aliphatic rings. The summed E-state index contributed by atoms with van der Waals surface area (Å²) in [5.41, 5.74) is 11.1. The average molecular weight is 333 g/mol. The highest BCUT2D eigenvalue weighted by atomic mass is 127.